The predicted octanol–water partition coefficient (Wildman–Crippen LogP) is 3.11. The number of amides is 1. The fourth-order valence-corrected chi connectivity index (χ4v) is 3.34. The molecule has 23 heavy (non-hydrogen) atoms. The average Bonchev–Trinajstić information content (AvgIpc) is 3.01. The van der Waals surface area contributed by atoms with E-state index in [4.69, 9.17) is 0 Å². The SMILES string of the molecule is O=C(Cn1cc(Br)ccc1=O)N1CCCC1c1ccc(F)cc1. The van der Waals surface area contributed by atoms with Crippen molar-refractivity contribution >= 4 is 21.8 Å². The van der Waals surface area contributed by atoms with E-state index in [1.54, 1.807) is 29.3 Å². The number of nitrogens with zero attached hydrogens (tertiary/aromatic N) is 2. The Morgan fingerprint density at radius 1 is 1.22 bits per heavy atom. The molecule has 0 radical (unpaired) electrons. The van der Waals surface area contributed by atoms with Crippen LogP contribution in [0.5, 0.6) is 0 Å². The summed E-state index contributed by atoms with van der Waals surface area (Å²) in [5, 5.41) is 0. The van der Waals surface area contributed by atoms with Gasteiger partial charge >= 0.3 is 0 Å². The molecule has 4 nitrogen and oxygen atoms in total. The third kappa shape index (κ3) is 3.52. The van der Waals surface area contributed by atoms with Crippen molar-refractivity contribution in [3.8, 4) is 0 Å². The first-order chi connectivity index (χ1) is 11.0. The van der Waals surface area contributed by atoms with Gasteiger partial charge in [0, 0.05) is 23.3 Å². The molecule has 0 aliphatic carbocycles. The highest BCUT2D eigenvalue weighted by atomic mass is 79.9. The van der Waals surface area contributed by atoms with Gasteiger partial charge in [-0.1, -0.05) is 12.1 Å². The molecule has 0 N–H and O–H groups in total. The second-order valence-corrected chi connectivity index (χ2v) is 6.53. The molecule has 120 valence electrons. The van der Waals surface area contributed by atoms with Gasteiger partial charge in [-0.2, -0.15) is 0 Å². The summed E-state index contributed by atoms with van der Waals surface area (Å²) in [7, 11) is 0. The molecule has 0 bridgehead atoms. The van der Waals surface area contributed by atoms with Gasteiger partial charge in [0.25, 0.3) is 5.56 Å². The van der Waals surface area contributed by atoms with E-state index in [1.165, 1.54) is 22.8 Å². The predicted molar refractivity (Wildman–Crippen MR) is 88.5 cm³/mol. The number of carbonyl (C=O) groups is 1. The molecule has 3 rings (SSSR count). The highest BCUT2D eigenvalue weighted by molar-refractivity contribution is 9.10. The van der Waals surface area contributed by atoms with E-state index in [0.29, 0.717) is 6.54 Å². The summed E-state index contributed by atoms with van der Waals surface area (Å²) in [5.41, 5.74) is 0.720. The fraction of sp³-hybridized carbons (Fsp3) is 0.294. The summed E-state index contributed by atoms with van der Waals surface area (Å²) in [6.45, 7) is 0.666. The van der Waals surface area contributed by atoms with E-state index in [9.17, 15) is 14.0 Å². The van der Waals surface area contributed by atoms with Gasteiger partial charge in [-0.05, 0) is 52.5 Å². The number of hydrogen-bond donors (Lipinski definition) is 0. The Labute approximate surface area is 141 Å². The minimum absolute atomic E-state index is 0.00989. The second kappa shape index (κ2) is 6.66. The molecule has 1 aliphatic heterocycles. The molecule has 2 heterocycles. The molecular weight excluding hydrogens is 363 g/mol. The number of benzene rings is 1. The Bertz CT molecular complexity index is 773. The first kappa shape index (κ1) is 15.9. The van der Waals surface area contributed by atoms with Crippen LogP contribution >= 0.6 is 15.9 Å². The molecule has 1 saturated heterocycles. The Morgan fingerprint density at radius 3 is 2.70 bits per heavy atom. The minimum atomic E-state index is -0.287. The Balaban J connectivity index is 1.79. The second-order valence-electron chi connectivity index (χ2n) is 5.61. The van der Waals surface area contributed by atoms with Crippen LogP contribution in [0.25, 0.3) is 0 Å². The zero-order chi connectivity index (χ0) is 16.4. The van der Waals surface area contributed by atoms with Crippen molar-refractivity contribution in [3.05, 3.63) is 68.8 Å². The summed E-state index contributed by atoms with van der Waals surface area (Å²) in [4.78, 5) is 26.2. The zero-order valence-corrected chi connectivity index (χ0v) is 14.0. The largest absolute Gasteiger partial charge is 0.334 e. The fourth-order valence-electron chi connectivity index (χ4n) is 2.96. The lowest BCUT2D eigenvalue weighted by atomic mass is 10.0. The van der Waals surface area contributed by atoms with E-state index >= 15 is 0 Å². The van der Waals surface area contributed by atoms with Crippen LogP contribution in [0.4, 0.5) is 4.39 Å². The van der Waals surface area contributed by atoms with Gasteiger partial charge in [0.15, 0.2) is 0 Å². The molecule has 2 aromatic rings. The van der Waals surface area contributed by atoms with Crippen LogP contribution in [0.2, 0.25) is 0 Å². The topological polar surface area (TPSA) is 42.3 Å². The van der Waals surface area contributed by atoms with E-state index in [1.807, 2.05) is 0 Å². The lowest BCUT2D eigenvalue weighted by Gasteiger charge is -2.25. The Morgan fingerprint density at radius 2 is 1.96 bits per heavy atom. The van der Waals surface area contributed by atoms with Crippen molar-refractivity contribution in [2.75, 3.05) is 6.54 Å². The zero-order valence-electron chi connectivity index (χ0n) is 12.4. The third-order valence-electron chi connectivity index (χ3n) is 4.08. The van der Waals surface area contributed by atoms with E-state index < -0.39 is 0 Å². The van der Waals surface area contributed by atoms with Gasteiger partial charge in [-0.25, -0.2) is 4.39 Å². The van der Waals surface area contributed by atoms with Crippen molar-refractivity contribution in [2.45, 2.75) is 25.4 Å². The number of carbonyl (C=O) groups excluding carboxylic acids is 1. The molecule has 1 unspecified atom stereocenters. The number of likely N-dealkylation sites (tertiary alicyclic amines) is 1. The van der Waals surface area contributed by atoms with Crippen molar-refractivity contribution in [3.63, 3.8) is 0 Å². The first-order valence-corrected chi connectivity index (χ1v) is 8.25. The van der Waals surface area contributed by atoms with Crippen molar-refractivity contribution in [1.29, 1.82) is 0 Å². The monoisotopic (exact) mass is 378 g/mol. The van der Waals surface area contributed by atoms with Gasteiger partial charge in [-0.15, -0.1) is 0 Å². The lowest BCUT2D eigenvalue weighted by Crippen LogP contribution is -2.35. The van der Waals surface area contributed by atoms with Crippen LogP contribution < -0.4 is 5.56 Å². The molecule has 0 spiro atoms. The normalized spacial score (nSPS) is 17.5. The van der Waals surface area contributed by atoms with Gasteiger partial charge in [0.2, 0.25) is 5.91 Å². The third-order valence-corrected chi connectivity index (χ3v) is 4.55. The van der Waals surface area contributed by atoms with Crippen LogP contribution in [-0.2, 0) is 11.3 Å². The molecule has 1 aromatic carbocycles. The molecular formula is C17H16BrFN2O2. The van der Waals surface area contributed by atoms with Crippen LogP contribution in [0.1, 0.15) is 24.4 Å². The van der Waals surface area contributed by atoms with E-state index in [-0.39, 0.29) is 29.9 Å². The standard InChI is InChI=1S/C17H16BrFN2O2/c18-13-5-8-16(22)20(10-13)11-17(23)21-9-1-2-15(21)12-3-6-14(19)7-4-12/h3-8,10,15H,1-2,9,11H2. The number of hydrogen-bond acceptors (Lipinski definition) is 2. The quantitative estimate of drug-likeness (QED) is 0.823. The Hall–Kier alpha value is -1.95. The number of aromatic nitrogens is 1. The highest BCUT2D eigenvalue weighted by Crippen LogP contribution is 2.32. The maximum Gasteiger partial charge on any atom is 0.251 e. The molecule has 1 aromatic heterocycles. The lowest BCUT2D eigenvalue weighted by molar-refractivity contribution is -0.132. The van der Waals surface area contributed by atoms with Gasteiger partial charge in [0.1, 0.15) is 12.4 Å². The van der Waals surface area contributed by atoms with Gasteiger partial charge < -0.3 is 9.47 Å². The van der Waals surface area contributed by atoms with Crippen LogP contribution in [0.15, 0.2) is 51.9 Å². The summed E-state index contributed by atoms with van der Waals surface area (Å²) in [5.74, 6) is -0.387. The summed E-state index contributed by atoms with van der Waals surface area (Å²) in [6, 6.07) is 9.29. The number of pyridine rings is 1. The summed E-state index contributed by atoms with van der Waals surface area (Å²) < 4.78 is 15.2. The van der Waals surface area contributed by atoms with E-state index in [2.05, 4.69) is 15.9 Å². The van der Waals surface area contributed by atoms with Crippen LogP contribution in [-0.4, -0.2) is 21.9 Å². The highest BCUT2D eigenvalue weighted by Gasteiger charge is 2.29. The van der Waals surface area contributed by atoms with Crippen molar-refractivity contribution in [2.24, 2.45) is 0 Å². The summed E-state index contributed by atoms with van der Waals surface area (Å²) in [6.07, 6.45) is 3.37. The molecule has 1 fully saturated rings. The molecule has 1 amide bonds. The number of rotatable bonds is 3. The van der Waals surface area contributed by atoms with E-state index in [0.717, 1.165) is 22.9 Å². The maximum atomic E-state index is 13.1. The van der Waals surface area contributed by atoms with Crippen LogP contribution in [0.3, 0.4) is 0 Å². The number of halogens is 2. The van der Waals surface area contributed by atoms with Gasteiger partial charge in [0.05, 0.1) is 6.04 Å². The molecule has 6 heteroatoms. The van der Waals surface area contributed by atoms with Crippen molar-refractivity contribution in [1.82, 2.24) is 9.47 Å². The molecule has 1 aliphatic rings. The summed E-state index contributed by atoms with van der Waals surface area (Å²) >= 11 is 3.30. The smallest absolute Gasteiger partial charge is 0.251 e. The Kier molecular flexibility index (Phi) is 4.61. The average molecular weight is 379 g/mol. The minimum Gasteiger partial charge on any atom is -0.334 e. The molecule has 0 saturated carbocycles. The molecule has 1 atom stereocenters. The van der Waals surface area contributed by atoms with Crippen molar-refractivity contribution < 1.29 is 9.18 Å². The van der Waals surface area contributed by atoms with Gasteiger partial charge in [-0.3, -0.25) is 9.59 Å². The first-order valence-electron chi connectivity index (χ1n) is 7.45. The van der Waals surface area contributed by atoms with Crippen LogP contribution in [0, 0.1) is 5.82 Å². The maximum absolute atomic E-state index is 13.1.